The minimum Gasteiger partial charge on any atom is -0.507 e. The van der Waals surface area contributed by atoms with Crippen LogP contribution in [0.25, 0.3) is 5.76 Å². The van der Waals surface area contributed by atoms with E-state index in [1.54, 1.807) is 49.6 Å². The van der Waals surface area contributed by atoms with E-state index in [4.69, 9.17) is 14.2 Å². The van der Waals surface area contributed by atoms with Crippen LogP contribution in [0.3, 0.4) is 0 Å². The fraction of sp³-hybridized carbons (Fsp3) is 0.214. The number of benzene rings is 3. The maximum Gasteiger partial charge on any atom is 0.300 e. The summed E-state index contributed by atoms with van der Waals surface area (Å²) in [5.41, 5.74) is 3.24. The Labute approximate surface area is 204 Å². The number of aliphatic hydroxyl groups excluding tert-OH is 1. The van der Waals surface area contributed by atoms with Crippen molar-refractivity contribution in [1.29, 1.82) is 0 Å². The number of methoxy groups -OCH3 is 3. The summed E-state index contributed by atoms with van der Waals surface area (Å²) in [5.74, 6) is -0.400. The van der Waals surface area contributed by atoms with Crippen LogP contribution in [0.5, 0.6) is 17.2 Å². The van der Waals surface area contributed by atoms with Gasteiger partial charge in [0.25, 0.3) is 11.7 Å². The van der Waals surface area contributed by atoms with Gasteiger partial charge in [-0.15, -0.1) is 0 Å². The molecule has 1 fully saturated rings. The van der Waals surface area contributed by atoms with Crippen LogP contribution < -0.4 is 19.1 Å². The van der Waals surface area contributed by atoms with Crippen molar-refractivity contribution >= 4 is 23.1 Å². The number of amides is 1. The Morgan fingerprint density at radius 1 is 0.829 bits per heavy atom. The topological polar surface area (TPSA) is 85.3 Å². The highest BCUT2D eigenvalue weighted by molar-refractivity contribution is 6.51. The molecule has 3 aromatic carbocycles. The summed E-state index contributed by atoms with van der Waals surface area (Å²) in [4.78, 5) is 28.4. The predicted molar refractivity (Wildman–Crippen MR) is 133 cm³/mol. The lowest BCUT2D eigenvalue weighted by atomic mass is 9.94. The van der Waals surface area contributed by atoms with Gasteiger partial charge in [0.15, 0.2) is 0 Å². The Kier molecular flexibility index (Phi) is 6.51. The molecule has 4 rings (SSSR count). The summed E-state index contributed by atoms with van der Waals surface area (Å²) >= 11 is 0. The standard InChI is InChI=1S/C28H27NO6/c1-16-6-7-17(2)22(14-16)29-25(18-8-10-19(33-3)11-9-18)24(27(31)28(29)32)26(30)21-15-20(34-4)12-13-23(21)35-5/h6-15,25,30H,1-5H3/b26-24+. The Bertz CT molecular complexity index is 1330. The molecule has 0 spiro atoms. The van der Waals surface area contributed by atoms with E-state index >= 15 is 0 Å². The smallest absolute Gasteiger partial charge is 0.300 e. The molecule has 1 N–H and O–H groups in total. The molecule has 1 atom stereocenters. The lowest BCUT2D eigenvalue weighted by Crippen LogP contribution is -2.30. The maximum atomic E-state index is 13.5. The second-order valence-corrected chi connectivity index (χ2v) is 8.30. The molecule has 7 nitrogen and oxygen atoms in total. The van der Waals surface area contributed by atoms with Crippen LogP contribution in [-0.4, -0.2) is 38.1 Å². The minimum atomic E-state index is -0.864. The molecule has 0 aliphatic carbocycles. The quantitative estimate of drug-likeness (QED) is 0.310. The Morgan fingerprint density at radius 3 is 2.11 bits per heavy atom. The predicted octanol–water partition coefficient (Wildman–Crippen LogP) is 4.96. The fourth-order valence-corrected chi connectivity index (χ4v) is 4.31. The number of rotatable bonds is 6. The summed E-state index contributed by atoms with van der Waals surface area (Å²) in [6.45, 7) is 3.80. The first-order chi connectivity index (χ1) is 16.8. The van der Waals surface area contributed by atoms with Crippen LogP contribution in [0.15, 0.2) is 66.2 Å². The summed E-state index contributed by atoms with van der Waals surface area (Å²) in [5, 5.41) is 11.5. The van der Waals surface area contributed by atoms with E-state index in [1.807, 2.05) is 32.0 Å². The molecule has 1 aliphatic rings. The zero-order valence-corrected chi connectivity index (χ0v) is 20.3. The average Bonchev–Trinajstić information content (AvgIpc) is 3.14. The highest BCUT2D eigenvalue weighted by Gasteiger charge is 2.47. The number of hydrogen-bond donors (Lipinski definition) is 1. The third-order valence-corrected chi connectivity index (χ3v) is 6.16. The van der Waals surface area contributed by atoms with Crippen molar-refractivity contribution < 1.29 is 28.9 Å². The van der Waals surface area contributed by atoms with Gasteiger partial charge in [0.1, 0.15) is 23.0 Å². The molecule has 7 heteroatoms. The first-order valence-corrected chi connectivity index (χ1v) is 11.0. The zero-order valence-electron chi connectivity index (χ0n) is 20.3. The molecule has 35 heavy (non-hydrogen) atoms. The van der Waals surface area contributed by atoms with E-state index in [-0.39, 0.29) is 16.9 Å². The molecule has 0 bridgehead atoms. The van der Waals surface area contributed by atoms with Gasteiger partial charge in [0.05, 0.1) is 38.5 Å². The van der Waals surface area contributed by atoms with Gasteiger partial charge in [-0.3, -0.25) is 14.5 Å². The van der Waals surface area contributed by atoms with Crippen LogP contribution in [-0.2, 0) is 9.59 Å². The highest BCUT2D eigenvalue weighted by atomic mass is 16.5. The van der Waals surface area contributed by atoms with Crippen LogP contribution in [0.2, 0.25) is 0 Å². The molecule has 0 aromatic heterocycles. The van der Waals surface area contributed by atoms with Crippen molar-refractivity contribution in [3.8, 4) is 17.2 Å². The minimum absolute atomic E-state index is 0.0346. The van der Waals surface area contributed by atoms with E-state index in [2.05, 4.69) is 0 Å². The third kappa shape index (κ3) is 4.21. The van der Waals surface area contributed by atoms with Crippen molar-refractivity contribution in [2.45, 2.75) is 19.9 Å². The second-order valence-electron chi connectivity index (χ2n) is 8.30. The number of aliphatic hydroxyl groups is 1. The van der Waals surface area contributed by atoms with Crippen LogP contribution in [0, 0.1) is 13.8 Å². The van der Waals surface area contributed by atoms with Gasteiger partial charge in [-0.2, -0.15) is 0 Å². The lowest BCUT2D eigenvalue weighted by molar-refractivity contribution is -0.132. The Hall–Kier alpha value is -4.26. The SMILES string of the molecule is COc1ccc(C2/C(=C(\O)c3cc(OC)ccc3OC)C(=O)C(=O)N2c2cc(C)ccc2C)cc1. The molecule has 1 saturated heterocycles. The summed E-state index contributed by atoms with van der Waals surface area (Å²) in [6.07, 6.45) is 0. The second kappa shape index (κ2) is 9.54. The van der Waals surface area contributed by atoms with E-state index in [0.29, 0.717) is 28.5 Å². The van der Waals surface area contributed by atoms with E-state index in [0.717, 1.165) is 11.1 Å². The Morgan fingerprint density at radius 2 is 1.49 bits per heavy atom. The third-order valence-electron chi connectivity index (χ3n) is 6.16. The highest BCUT2D eigenvalue weighted by Crippen LogP contribution is 2.45. The number of Topliss-reactive ketones (excluding diaryl/α,β-unsaturated/α-hetero) is 1. The van der Waals surface area contributed by atoms with Crippen LogP contribution >= 0.6 is 0 Å². The number of nitrogens with zero attached hydrogens (tertiary/aromatic N) is 1. The fourth-order valence-electron chi connectivity index (χ4n) is 4.31. The summed E-state index contributed by atoms with van der Waals surface area (Å²) < 4.78 is 16.0. The van der Waals surface area contributed by atoms with Gasteiger partial charge < -0.3 is 19.3 Å². The molecule has 1 aliphatic heterocycles. The largest absolute Gasteiger partial charge is 0.507 e. The molecular formula is C28H27NO6. The molecular weight excluding hydrogens is 446 g/mol. The maximum absolute atomic E-state index is 13.5. The van der Waals surface area contributed by atoms with Crippen molar-refractivity contribution in [1.82, 2.24) is 0 Å². The number of aryl methyl sites for hydroxylation is 2. The van der Waals surface area contributed by atoms with Crippen molar-refractivity contribution in [3.05, 3.63) is 88.5 Å². The van der Waals surface area contributed by atoms with E-state index in [9.17, 15) is 14.7 Å². The van der Waals surface area contributed by atoms with Crippen LogP contribution in [0.4, 0.5) is 5.69 Å². The number of carbonyl (C=O) groups excluding carboxylic acids is 2. The molecule has 1 unspecified atom stereocenters. The summed E-state index contributed by atoms with van der Waals surface area (Å²) in [6, 6.07) is 16.8. The molecule has 180 valence electrons. The number of anilines is 1. The van der Waals surface area contributed by atoms with Gasteiger partial charge in [-0.05, 0) is 66.9 Å². The van der Waals surface area contributed by atoms with Gasteiger partial charge in [0.2, 0.25) is 0 Å². The molecule has 0 radical (unpaired) electrons. The first kappa shape index (κ1) is 23.9. The monoisotopic (exact) mass is 473 g/mol. The number of ether oxygens (including phenoxy) is 3. The number of hydrogen-bond acceptors (Lipinski definition) is 6. The first-order valence-electron chi connectivity index (χ1n) is 11.0. The number of ketones is 1. The van der Waals surface area contributed by atoms with Crippen molar-refractivity contribution in [2.24, 2.45) is 0 Å². The Balaban J connectivity index is 2.00. The van der Waals surface area contributed by atoms with Gasteiger partial charge in [0, 0.05) is 5.69 Å². The normalized spacial score (nSPS) is 16.9. The summed E-state index contributed by atoms with van der Waals surface area (Å²) in [7, 11) is 4.53. The lowest BCUT2D eigenvalue weighted by Gasteiger charge is -2.27. The van der Waals surface area contributed by atoms with Gasteiger partial charge in [-0.25, -0.2) is 0 Å². The van der Waals surface area contributed by atoms with E-state index in [1.165, 1.54) is 19.1 Å². The van der Waals surface area contributed by atoms with E-state index < -0.39 is 17.7 Å². The molecule has 1 heterocycles. The molecule has 3 aromatic rings. The average molecular weight is 474 g/mol. The van der Waals surface area contributed by atoms with Crippen molar-refractivity contribution in [3.63, 3.8) is 0 Å². The number of carbonyl (C=O) groups is 2. The molecule has 1 amide bonds. The molecule has 0 saturated carbocycles. The van der Waals surface area contributed by atoms with Crippen molar-refractivity contribution in [2.75, 3.05) is 26.2 Å². The van der Waals surface area contributed by atoms with Crippen LogP contribution in [0.1, 0.15) is 28.3 Å². The van der Waals surface area contributed by atoms with Gasteiger partial charge >= 0.3 is 0 Å². The zero-order chi connectivity index (χ0) is 25.3. The van der Waals surface area contributed by atoms with Gasteiger partial charge in [-0.1, -0.05) is 24.3 Å².